The van der Waals surface area contributed by atoms with E-state index in [2.05, 4.69) is 16.5 Å². The number of aromatic nitrogens is 2. The molecular weight excluding hydrogens is 396 g/mol. The van der Waals surface area contributed by atoms with Gasteiger partial charge in [-0.25, -0.2) is 4.68 Å². The molecule has 0 aliphatic rings. The average Bonchev–Trinajstić information content (AvgIpc) is 3.02. The van der Waals surface area contributed by atoms with Crippen LogP contribution >= 0.6 is 35.3 Å². The third kappa shape index (κ3) is 4.45. The van der Waals surface area contributed by atoms with Crippen LogP contribution < -0.4 is 5.32 Å². The molecule has 3 rings (SSSR count). The van der Waals surface area contributed by atoms with E-state index in [9.17, 15) is 4.79 Å². The summed E-state index contributed by atoms with van der Waals surface area (Å²) in [6.45, 7) is 3.81. The molecule has 3 aromatic rings. The number of carbonyl (C=O) groups excluding carboxylic acids is 1. The summed E-state index contributed by atoms with van der Waals surface area (Å²) >= 11 is 8.16. The highest BCUT2D eigenvalue weighted by molar-refractivity contribution is 8.02. The van der Waals surface area contributed by atoms with Crippen molar-refractivity contribution in [3.63, 3.8) is 0 Å². The van der Waals surface area contributed by atoms with Crippen molar-refractivity contribution in [2.45, 2.75) is 23.4 Å². The summed E-state index contributed by atoms with van der Waals surface area (Å²) in [5.41, 5.74) is 2.96. The lowest BCUT2D eigenvalue weighted by atomic mass is 10.2. The van der Waals surface area contributed by atoms with E-state index in [-0.39, 0.29) is 11.2 Å². The molecule has 5 nitrogen and oxygen atoms in total. The molecule has 0 fully saturated rings. The summed E-state index contributed by atoms with van der Waals surface area (Å²) in [5, 5.41) is 16.1. The van der Waals surface area contributed by atoms with E-state index < -0.39 is 0 Å². The van der Waals surface area contributed by atoms with Gasteiger partial charge in [0.1, 0.15) is 6.07 Å². The summed E-state index contributed by atoms with van der Waals surface area (Å²) in [6, 6.07) is 16.9. The van der Waals surface area contributed by atoms with E-state index >= 15 is 0 Å². The molecular formula is C19H16N4OS3. The second-order valence-corrected chi connectivity index (χ2v) is 8.95. The minimum absolute atomic E-state index is 0.189. The fourth-order valence-electron chi connectivity index (χ4n) is 2.39. The highest BCUT2D eigenvalue weighted by Crippen LogP contribution is 2.29. The van der Waals surface area contributed by atoms with Gasteiger partial charge in [0.15, 0.2) is 8.29 Å². The van der Waals surface area contributed by atoms with Crippen LogP contribution in [0.2, 0.25) is 0 Å². The number of hydrogen-bond donors (Lipinski definition) is 1. The maximum atomic E-state index is 12.5. The smallest absolute Gasteiger partial charge is 0.237 e. The lowest BCUT2D eigenvalue weighted by Gasteiger charge is -2.11. The quantitative estimate of drug-likeness (QED) is 0.474. The average molecular weight is 413 g/mol. The van der Waals surface area contributed by atoms with Crippen LogP contribution in [0.5, 0.6) is 0 Å². The monoisotopic (exact) mass is 412 g/mol. The fourth-order valence-corrected chi connectivity index (χ4v) is 4.88. The molecule has 1 atom stereocenters. The number of nitrogens with zero attached hydrogens (tertiary/aromatic N) is 3. The molecule has 0 aliphatic heterocycles. The zero-order chi connectivity index (χ0) is 19.4. The summed E-state index contributed by atoms with van der Waals surface area (Å²) < 4.78 is 3.08. The number of anilines is 1. The van der Waals surface area contributed by atoms with Gasteiger partial charge in [-0.2, -0.15) is 5.26 Å². The molecule has 136 valence electrons. The summed E-state index contributed by atoms with van der Waals surface area (Å²) in [6.07, 6.45) is 0. The molecule has 0 bridgehead atoms. The Morgan fingerprint density at radius 1 is 1.30 bits per heavy atom. The first-order valence-corrected chi connectivity index (χ1v) is 10.2. The van der Waals surface area contributed by atoms with E-state index in [0.29, 0.717) is 15.2 Å². The van der Waals surface area contributed by atoms with Crippen molar-refractivity contribution in [3.05, 3.63) is 63.6 Å². The van der Waals surface area contributed by atoms with Crippen LogP contribution in [-0.4, -0.2) is 20.9 Å². The molecule has 1 heterocycles. The van der Waals surface area contributed by atoms with Crippen LogP contribution in [-0.2, 0) is 4.79 Å². The van der Waals surface area contributed by atoms with E-state index in [4.69, 9.17) is 17.5 Å². The number of thioether (sulfide) groups is 1. The number of carbonyl (C=O) groups is 1. The highest BCUT2D eigenvalue weighted by atomic mass is 32.2. The van der Waals surface area contributed by atoms with Gasteiger partial charge < -0.3 is 5.32 Å². The lowest BCUT2D eigenvalue weighted by Crippen LogP contribution is -2.22. The molecule has 0 spiro atoms. The van der Waals surface area contributed by atoms with Gasteiger partial charge in [0, 0.05) is 0 Å². The maximum absolute atomic E-state index is 12.5. The van der Waals surface area contributed by atoms with Crippen LogP contribution in [0.3, 0.4) is 0 Å². The number of hydrogen-bond acceptors (Lipinski definition) is 6. The van der Waals surface area contributed by atoms with Gasteiger partial charge in [0.05, 0.1) is 22.2 Å². The fraction of sp³-hybridized carbons (Fsp3) is 0.158. The van der Waals surface area contributed by atoms with Crippen LogP contribution in [0.1, 0.15) is 18.1 Å². The maximum Gasteiger partial charge on any atom is 0.237 e. The largest absolute Gasteiger partial charge is 0.324 e. The van der Waals surface area contributed by atoms with Gasteiger partial charge >= 0.3 is 0 Å². The topological polar surface area (TPSA) is 70.7 Å². The normalized spacial score (nSPS) is 11.6. The Hall–Kier alpha value is -2.47. The Bertz CT molecular complexity index is 1080. The number of nitrogens with one attached hydrogen (secondary N) is 1. The lowest BCUT2D eigenvalue weighted by molar-refractivity contribution is -0.115. The van der Waals surface area contributed by atoms with Crippen molar-refractivity contribution in [2.75, 3.05) is 5.32 Å². The van der Waals surface area contributed by atoms with Crippen molar-refractivity contribution in [3.8, 4) is 11.8 Å². The Morgan fingerprint density at radius 3 is 2.74 bits per heavy atom. The molecule has 1 amide bonds. The number of rotatable bonds is 5. The molecule has 0 saturated carbocycles. The van der Waals surface area contributed by atoms with Crippen LogP contribution in [0.15, 0.2) is 52.9 Å². The minimum Gasteiger partial charge on any atom is -0.324 e. The molecule has 27 heavy (non-hydrogen) atoms. The number of aryl methyl sites for hydroxylation is 1. The second kappa shape index (κ2) is 8.48. The van der Waals surface area contributed by atoms with Crippen LogP contribution in [0, 0.1) is 22.2 Å². The van der Waals surface area contributed by atoms with Gasteiger partial charge in [-0.1, -0.05) is 53.4 Å². The van der Waals surface area contributed by atoms with Crippen molar-refractivity contribution >= 4 is 46.9 Å². The second-order valence-electron chi connectivity index (χ2n) is 5.74. The van der Waals surface area contributed by atoms with Gasteiger partial charge in [0.2, 0.25) is 5.91 Å². The molecule has 0 radical (unpaired) electrons. The molecule has 8 heteroatoms. The zero-order valence-electron chi connectivity index (χ0n) is 14.7. The predicted octanol–water partition coefficient (Wildman–Crippen LogP) is 4.96. The van der Waals surface area contributed by atoms with Crippen LogP contribution in [0.25, 0.3) is 5.69 Å². The van der Waals surface area contributed by atoms with Gasteiger partial charge in [0.25, 0.3) is 0 Å². The molecule has 0 aliphatic carbocycles. The third-order valence-electron chi connectivity index (χ3n) is 3.83. The number of nitriles is 1. The first-order chi connectivity index (χ1) is 13.0. The molecule has 0 unspecified atom stereocenters. The Balaban J connectivity index is 1.75. The Morgan fingerprint density at radius 2 is 2.00 bits per heavy atom. The van der Waals surface area contributed by atoms with Crippen molar-refractivity contribution in [2.24, 2.45) is 0 Å². The minimum atomic E-state index is -0.386. The number of benzene rings is 2. The summed E-state index contributed by atoms with van der Waals surface area (Å²) in [7, 11) is 0. The van der Waals surface area contributed by atoms with Crippen LogP contribution in [0.4, 0.5) is 5.69 Å². The van der Waals surface area contributed by atoms with Gasteiger partial charge in [-0.15, -0.1) is 5.10 Å². The van der Waals surface area contributed by atoms with E-state index in [1.165, 1.54) is 23.1 Å². The third-order valence-corrected chi connectivity index (χ3v) is 6.24. The first kappa shape index (κ1) is 19.3. The Kier molecular flexibility index (Phi) is 6.06. The number of para-hydroxylation sites is 2. The van der Waals surface area contributed by atoms with Crippen molar-refractivity contribution < 1.29 is 4.79 Å². The summed E-state index contributed by atoms with van der Waals surface area (Å²) in [4.78, 5) is 12.5. The van der Waals surface area contributed by atoms with Crippen molar-refractivity contribution in [1.29, 1.82) is 5.26 Å². The molecule has 0 saturated heterocycles. The van der Waals surface area contributed by atoms with Crippen molar-refractivity contribution in [1.82, 2.24) is 9.78 Å². The van der Waals surface area contributed by atoms with E-state index in [1.54, 1.807) is 35.9 Å². The zero-order valence-corrected chi connectivity index (χ0v) is 17.1. The molecule has 2 aromatic carbocycles. The molecule has 1 aromatic heterocycles. The molecule has 1 N–H and O–H groups in total. The van der Waals surface area contributed by atoms with Gasteiger partial charge in [-0.05, 0) is 49.8 Å². The predicted molar refractivity (Wildman–Crippen MR) is 112 cm³/mol. The van der Waals surface area contributed by atoms with Gasteiger partial charge in [-0.3, -0.25) is 4.79 Å². The highest BCUT2D eigenvalue weighted by Gasteiger charge is 2.19. The SMILES string of the molecule is Cc1ccccc1-n1nc(S[C@H](C)C(=O)Nc2ccccc2C#N)sc1=S. The first-order valence-electron chi connectivity index (χ1n) is 8.12. The van der Waals surface area contributed by atoms with E-state index in [1.807, 2.05) is 31.2 Å². The standard InChI is InChI=1S/C19H16N4OS3/c1-12-7-3-6-10-16(12)23-19(25)27-18(22-23)26-13(2)17(24)21-15-9-5-4-8-14(15)11-20/h3-10,13H,1-2H3,(H,21,24)/t13-/m1/s1. The Labute approximate surface area is 170 Å². The summed E-state index contributed by atoms with van der Waals surface area (Å²) in [5.74, 6) is -0.189. The number of amides is 1. The van der Waals surface area contributed by atoms with E-state index in [0.717, 1.165) is 15.6 Å².